The number of rotatable bonds is 6. The number of nitrogens with zero attached hydrogens (tertiary/aromatic N) is 3. The van der Waals surface area contributed by atoms with Crippen LogP contribution < -0.4 is 10.6 Å². The van der Waals surface area contributed by atoms with Gasteiger partial charge in [0.15, 0.2) is 5.96 Å². The van der Waals surface area contributed by atoms with Crippen molar-refractivity contribution in [2.45, 2.75) is 52.2 Å². The van der Waals surface area contributed by atoms with Crippen LogP contribution in [0.2, 0.25) is 0 Å². The summed E-state index contributed by atoms with van der Waals surface area (Å²) in [5.41, 5.74) is 0. The molecule has 0 bridgehead atoms. The minimum Gasteiger partial charge on any atom is -0.368 e. The number of carbonyl (C=O) groups is 2. The van der Waals surface area contributed by atoms with Crippen molar-refractivity contribution in [2.75, 3.05) is 45.9 Å². The third kappa shape index (κ3) is 6.16. The summed E-state index contributed by atoms with van der Waals surface area (Å²) in [6, 6.07) is 0.147. The highest BCUT2D eigenvalue weighted by molar-refractivity contribution is 5.83. The van der Waals surface area contributed by atoms with E-state index in [9.17, 15) is 9.59 Å². The fourth-order valence-corrected chi connectivity index (χ4v) is 3.20. The van der Waals surface area contributed by atoms with E-state index in [0.29, 0.717) is 32.7 Å². The summed E-state index contributed by atoms with van der Waals surface area (Å²) < 4.78 is 5.50. The molecule has 0 aromatic heterocycles. The van der Waals surface area contributed by atoms with Gasteiger partial charge in [-0.1, -0.05) is 0 Å². The molecule has 2 amide bonds. The first kappa shape index (κ1) is 20.5. The number of carbonyl (C=O) groups excluding carboxylic acids is 2. The molecule has 2 aliphatic heterocycles. The standard InChI is InChI=1S/C18H33N5O3/c1-4-19-18(20-8-7-16(24)21-14(2)3)23-11-9-22(10-12-23)17(25)15-6-5-13-26-15/h14-15H,4-13H2,1-3H3,(H,19,20)(H,21,24). The Morgan fingerprint density at radius 3 is 2.46 bits per heavy atom. The molecule has 2 fully saturated rings. The lowest BCUT2D eigenvalue weighted by molar-refractivity contribution is -0.142. The second-order valence-electron chi connectivity index (χ2n) is 7.02. The molecule has 8 nitrogen and oxygen atoms in total. The maximum Gasteiger partial charge on any atom is 0.251 e. The first-order valence-electron chi connectivity index (χ1n) is 9.74. The molecule has 1 unspecified atom stereocenters. The SMILES string of the molecule is CCNC(=NCCC(=O)NC(C)C)N1CCN(C(=O)C2CCCO2)CC1. The molecule has 148 valence electrons. The molecule has 2 aliphatic rings. The molecule has 26 heavy (non-hydrogen) atoms. The number of ether oxygens (including phenoxy) is 1. The minimum atomic E-state index is -0.247. The third-order valence-corrected chi connectivity index (χ3v) is 4.48. The van der Waals surface area contributed by atoms with E-state index >= 15 is 0 Å². The van der Waals surface area contributed by atoms with Crippen molar-refractivity contribution in [1.82, 2.24) is 20.4 Å². The Hall–Kier alpha value is -1.83. The summed E-state index contributed by atoms with van der Waals surface area (Å²) in [6.45, 7) is 10.7. The van der Waals surface area contributed by atoms with Gasteiger partial charge in [-0.2, -0.15) is 0 Å². The van der Waals surface area contributed by atoms with E-state index in [4.69, 9.17) is 4.74 Å². The quantitative estimate of drug-likeness (QED) is 0.517. The second-order valence-corrected chi connectivity index (χ2v) is 7.02. The number of hydrogen-bond acceptors (Lipinski definition) is 4. The maximum absolute atomic E-state index is 12.4. The first-order chi connectivity index (χ1) is 12.5. The number of nitrogens with one attached hydrogen (secondary N) is 2. The van der Waals surface area contributed by atoms with E-state index in [0.717, 1.165) is 38.4 Å². The molecule has 0 aromatic rings. The van der Waals surface area contributed by atoms with Crippen molar-refractivity contribution in [3.05, 3.63) is 0 Å². The van der Waals surface area contributed by atoms with Crippen LogP contribution in [0.1, 0.15) is 40.0 Å². The Morgan fingerprint density at radius 1 is 1.19 bits per heavy atom. The summed E-state index contributed by atoms with van der Waals surface area (Å²) in [4.78, 5) is 32.8. The smallest absolute Gasteiger partial charge is 0.251 e. The normalized spacial score (nSPS) is 21.2. The highest BCUT2D eigenvalue weighted by atomic mass is 16.5. The van der Waals surface area contributed by atoms with Crippen LogP contribution >= 0.6 is 0 Å². The van der Waals surface area contributed by atoms with Crippen LogP contribution in [-0.2, 0) is 14.3 Å². The van der Waals surface area contributed by atoms with Gasteiger partial charge in [-0.15, -0.1) is 0 Å². The minimum absolute atomic E-state index is 0.0200. The van der Waals surface area contributed by atoms with E-state index in [-0.39, 0.29) is 24.0 Å². The largest absolute Gasteiger partial charge is 0.368 e. The first-order valence-corrected chi connectivity index (χ1v) is 9.74. The van der Waals surface area contributed by atoms with Crippen molar-refractivity contribution < 1.29 is 14.3 Å². The number of amides is 2. The number of hydrogen-bond donors (Lipinski definition) is 2. The molecule has 2 rings (SSSR count). The van der Waals surface area contributed by atoms with Crippen LogP contribution in [0, 0.1) is 0 Å². The van der Waals surface area contributed by atoms with Gasteiger partial charge in [0, 0.05) is 51.8 Å². The van der Waals surface area contributed by atoms with Crippen molar-refractivity contribution in [1.29, 1.82) is 0 Å². The highest BCUT2D eigenvalue weighted by Gasteiger charge is 2.30. The van der Waals surface area contributed by atoms with E-state index in [1.807, 2.05) is 25.7 Å². The fourth-order valence-electron chi connectivity index (χ4n) is 3.20. The Balaban J connectivity index is 1.81. The molecule has 0 aromatic carbocycles. The number of aliphatic imine (C=N–C) groups is 1. The van der Waals surface area contributed by atoms with Crippen LogP contribution in [0.25, 0.3) is 0 Å². The second kappa shape index (κ2) is 10.4. The Bertz CT molecular complexity index is 495. The summed E-state index contributed by atoms with van der Waals surface area (Å²) >= 11 is 0. The van der Waals surface area contributed by atoms with Gasteiger partial charge in [0.05, 0.1) is 6.54 Å². The van der Waals surface area contributed by atoms with Crippen molar-refractivity contribution in [2.24, 2.45) is 4.99 Å². The van der Waals surface area contributed by atoms with Gasteiger partial charge in [0.25, 0.3) is 5.91 Å². The molecule has 1 atom stereocenters. The van der Waals surface area contributed by atoms with E-state index in [1.165, 1.54) is 0 Å². The van der Waals surface area contributed by atoms with Crippen molar-refractivity contribution in [3.63, 3.8) is 0 Å². The zero-order valence-corrected chi connectivity index (χ0v) is 16.3. The molecule has 0 radical (unpaired) electrons. The molecule has 2 N–H and O–H groups in total. The Morgan fingerprint density at radius 2 is 1.88 bits per heavy atom. The molecule has 0 spiro atoms. The van der Waals surface area contributed by atoms with Gasteiger partial charge in [-0.25, -0.2) is 0 Å². The molecule has 2 saturated heterocycles. The van der Waals surface area contributed by atoms with Crippen LogP contribution in [0.5, 0.6) is 0 Å². The van der Waals surface area contributed by atoms with Crippen LogP contribution in [0.4, 0.5) is 0 Å². The lowest BCUT2D eigenvalue weighted by Gasteiger charge is -2.37. The summed E-state index contributed by atoms with van der Waals surface area (Å²) in [5, 5.41) is 6.16. The monoisotopic (exact) mass is 367 g/mol. The molecule has 2 heterocycles. The highest BCUT2D eigenvalue weighted by Crippen LogP contribution is 2.16. The predicted molar refractivity (Wildman–Crippen MR) is 101 cm³/mol. The maximum atomic E-state index is 12.4. The van der Waals surface area contributed by atoms with E-state index in [2.05, 4.69) is 20.5 Å². The van der Waals surface area contributed by atoms with E-state index in [1.54, 1.807) is 0 Å². The van der Waals surface area contributed by atoms with Gasteiger partial charge in [-0.3, -0.25) is 14.6 Å². The van der Waals surface area contributed by atoms with Crippen molar-refractivity contribution >= 4 is 17.8 Å². The number of piperazine rings is 1. The lowest BCUT2D eigenvalue weighted by atomic mass is 10.2. The molecule has 0 aliphatic carbocycles. The topological polar surface area (TPSA) is 86.3 Å². The number of guanidine groups is 1. The van der Waals surface area contributed by atoms with Crippen LogP contribution in [0.15, 0.2) is 4.99 Å². The average molecular weight is 367 g/mol. The van der Waals surface area contributed by atoms with Gasteiger partial charge < -0.3 is 25.2 Å². The van der Waals surface area contributed by atoms with Gasteiger partial charge in [0.1, 0.15) is 6.10 Å². The molecular formula is C18H33N5O3. The van der Waals surface area contributed by atoms with Gasteiger partial charge >= 0.3 is 0 Å². The predicted octanol–water partition coefficient (Wildman–Crippen LogP) is 0.190. The average Bonchev–Trinajstić information content (AvgIpc) is 3.14. The van der Waals surface area contributed by atoms with Gasteiger partial charge in [-0.05, 0) is 33.6 Å². The third-order valence-electron chi connectivity index (χ3n) is 4.48. The summed E-state index contributed by atoms with van der Waals surface area (Å²) in [7, 11) is 0. The molecular weight excluding hydrogens is 334 g/mol. The molecule has 0 saturated carbocycles. The molecule has 8 heteroatoms. The zero-order valence-electron chi connectivity index (χ0n) is 16.3. The van der Waals surface area contributed by atoms with E-state index < -0.39 is 0 Å². The Kier molecular flexibility index (Phi) is 8.15. The summed E-state index contributed by atoms with van der Waals surface area (Å²) in [6.07, 6.45) is 1.94. The van der Waals surface area contributed by atoms with Gasteiger partial charge in [0.2, 0.25) is 5.91 Å². The summed E-state index contributed by atoms with van der Waals surface area (Å²) in [5.74, 6) is 0.954. The lowest BCUT2D eigenvalue weighted by Crippen LogP contribution is -2.55. The zero-order chi connectivity index (χ0) is 18.9. The van der Waals surface area contributed by atoms with Crippen LogP contribution in [0.3, 0.4) is 0 Å². The Labute approximate surface area is 156 Å². The van der Waals surface area contributed by atoms with Crippen LogP contribution in [-0.4, -0.2) is 85.6 Å². The van der Waals surface area contributed by atoms with Crippen molar-refractivity contribution in [3.8, 4) is 0 Å². The fraction of sp³-hybridized carbons (Fsp3) is 0.833.